The summed E-state index contributed by atoms with van der Waals surface area (Å²) in [5.41, 5.74) is -0.510. The van der Waals surface area contributed by atoms with Crippen molar-refractivity contribution in [2.75, 3.05) is 6.54 Å². The quantitative estimate of drug-likeness (QED) is 0.886. The monoisotopic (exact) mass is 284 g/mol. The molecule has 0 bridgehead atoms. The molecule has 0 unspecified atom stereocenters. The molecule has 0 fully saturated rings. The van der Waals surface area contributed by atoms with Crippen LogP contribution < -0.4 is 5.32 Å². The Balaban J connectivity index is 2.38. The van der Waals surface area contributed by atoms with Gasteiger partial charge in [-0.05, 0) is 26.8 Å². The average Bonchev–Trinajstić information content (AvgIpc) is 2.70. The second kappa shape index (κ2) is 6.33. The van der Waals surface area contributed by atoms with Gasteiger partial charge in [-0.15, -0.1) is 11.3 Å². The molecule has 0 saturated heterocycles. The second-order valence-corrected chi connectivity index (χ2v) is 5.55. The number of aromatic nitrogens is 1. The van der Waals surface area contributed by atoms with Crippen molar-refractivity contribution in [1.82, 2.24) is 10.3 Å². The SMILES string of the molecule is CC(C)(C)OC(=O)NCC=Cc1nc(C(=O)O)cs1. The smallest absolute Gasteiger partial charge is 0.407 e. The van der Waals surface area contributed by atoms with Crippen LogP contribution in [-0.4, -0.2) is 34.3 Å². The number of amides is 1. The minimum Gasteiger partial charge on any atom is -0.476 e. The number of carboxylic acid groups (broad SMARTS) is 1. The molecule has 0 spiro atoms. The summed E-state index contributed by atoms with van der Waals surface area (Å²) in [7, 11) is 0. The second-order valence-electron chi connectivity index (χ2n) is 4.66. The van der Waals surface area contributed by atoms with E-state index in [2.05, 4.69) is 10.3 Å². The van der Waals surface area contributed by atoms with Crippen molar-refractivity contribution in [2.45, 2.75) is 26.4 Å². The van der Waals surface area contributed by atoms with E-state index in [1.165, 1.54) is 16.7 Å². The fourth-order valence-corrected chi connectivity index (χ4v) is 1.79. The van der Waals surface area contributed by atoms with Crippen LogP contribution in [0.15, 0.2) is 11.5 Å². The highest BCUT2D eigenvalue weighted by Gasteiger charge is 2.15. The van der Waals surface area contributed by atoms with Gasteiger partial charge in [-0.25, -0.2) is 14.6 Å². The van der Waals surface area contributed by atoms with Gasteiger partial charge in [-0.2, -0.15) is 0 Å². The van der Waals surface area contributed by atoms with E-state index >= 15 is 0 Å². The molecule has 0 aromatic carbocycles. The third-order valence-electron chi connectivity index (χ3n) is 1.76. The Morgan fingerprint density at radius 1 is 1.53 bits per heavy atom. The molecule has 1 rings (SSSR count). The van der Waals surface area contributed by atoms with Gasteiger partial charge in [0.2, 0.25) is 0 Å². The van der Waals surface area contributed by atoms with Gasteiger partial charge in [0.05, 0.1) is 0 Å². The van der Waals surface area contributed by atoms with Gasteiger partial charge >= 0.3 is 12.1 Å². The van der Waals surface area contributed by atoms with Crippen LogP contribution >= 0.6 is 11.3 Å². The molecule has 6 nitrogen and oxygen atoms in total. The number of hydrogen-bond donors (Lipinski definition) is 2. The van der Waals surface area contributed by atoms with Gasteiger partial charge in [0.25, 0.3) is 0 Å². The van der Waals surface area contributed by atoms with E-state index in [0.717, 1.165) is 0 Å². The summed E-state index contributed by atoms with van der Waals surface area (Å²) in [5.74, 6) is -1.05. The maximum Gasteiger partial charge on any atom is 0.407 e. The van der Waals surface area contributed by atoms with Gasteiger partial charge in [0.15, 0.2) is 5.69 Å². The molecule has 0 atom stereocenters. The van der Waals surface area contributed by atoms with Crippen LogP contribution in [0.25, 0.3) is 6.08 Å². The third-order valence-corrected chi connectivity index (χ3v) is 2.57. The van der Waals surface area contributed by atoms with Gasteiger partial charge in [-0.3, -0.25) is 0 Å². The molecule has 2 N–H and O–H groups in total. The van der Waals surface area contributed by atoms with Crippen LogP contribution in [0.5, 0.6) is 0 Å². The summed E-state index contributed by atoms with van der Waals surface area (Å²) in [5, 5.41) is 13.3. The summed E-state index contributed by atoms with van der Waals surface area (Å²) < 4.78 is 5.05. The Hall–Kier alpha value is -1.89. The van der Waals surface area contributed by atoms with Crippen molar-refractivity contribution in [3.05, 3.63) is 22.2 Å². The zero-order valence-corrected chi connectivity index (χ0v) is 11.8. The molecule has 1 aromatic rings. The topological polar surface area (TPSA) is 88.5 Å². The lowest BCUT2D eigenvalue weighted by molar-refractivity contribution is 0.0533. The Morgan fingerprint density at radius 2 is 2.21 bits per heavy atom. The first kappa shape index (κ1) is 15.2. The van der Waals surface area contributed by atoms with Crippen molar-refractivity contribution in [3.63, 3.8) is 0 Å². The highest BCUT2D eigenvalue weighted by atomic mass is 32.1. The maximum absolute atomic E-state index is 11.3. The van der Waals surface area contributed by atoms with Gasteiger partial charge < -0.3 is 15.2 Å². The van der Waals surface area contributed by atoms with E-state index in [0.29, 0.717) is 5.01 Å². The lowest BCUT2D eigenvalue weighted by Crippen LogP contribution is -2.32. The Kier molecular flexibility index (Phi) is 5.05. The number of thiazole rings is 1. The Bertz CT molecular complexity index is 488. The summed E-state index contributed by atoms with van der Waals surface area (Å²) >= 11 is 1.22. The highest BCUT2D eigenvalue weighted by molar-refractivity contribution is 7.10. The maximum atomic E-state index is 11.3. The number of aromatic carboxylic acids is 1. The fraction of sp³-hybridized carbons (Fsp3) is 0.417. The average molecular weight is 284 g/mol. The zero-order valence-electron chi connectivity index (χ0n) is 11.0. The predicted molar refractivity (Wildman–Crippen MR) is 72.3 cm³/mol. The molecule has 104 valence electrons. The van der Waals surface area contributed by atoms with Gasteiger partial charge in [0.1, 0.15) is 10.6 Å². The summed E-state index contributed by atoms with van der Waals surface area (Å²) in [6, 6.07) is 0. The molecule has 7 heteroatoms. The summed E-state index contributed by atoms with van der Waals surface area (Å²) in [6.07, 6.45) is 2.82. The van der Waals surface area contributed by atoms with E-state index in [9.17, 15) is 9.59 Å². The number of carboxylic acids is 1. The number of rotatable bonds is 4. The first-order valence-electron chi connectivity index (χ1n) is 5.60. The molecule has 19 heavy (non-hydrogen) atoms. The van der Waals surface area contributed by atoms with Crippen LogP contribution in [0.4, 0.5) is 4.79 Å². The first-order chi connectivity index (χ1) is 8.78. The summed E-state index contributed by atoms with van der Waals surface area (Å²) in [4.78, 5) is 25.8. The van der Waals surface area contributed by atoms with E-state index in [-0.39, 0.29) is 12.2 Å². The van der Waals surface area contributed by atoms with Crippen molar-refractivity contribution in [1.29, 1.82) is 0 Å². The predicted octanol–water partition coefficient (Wildman–Crippen LogP) is 2.38. The number of hydrogen-bond acceptors (Lipinski definition) is 5. The number of nitrogens with one attached hydrogen (secondary N) is 1. The molecule has 1 amide bonds. The Labute approximate surface area is 115 Å². The van der Waals surface area contributed by atoms with Gasteiger partial charge in [0, 0.05) is 11.9 Å². The lowest BCUT2D eigenvalue weighted by Gasteiger charge is -2.19. The van der Waals surface area contributed by atoms with Crippen LogP contribution in [0.1, 0.15) is 36.3 Å². The van der Waals surface area contributed by atoms with E-state index in [4.69, 9.17) is 9.84 Å². The van der Waals surface area contributed by atoms with Crippen molar-refractivity contribution < 1.29 is 19.4 Å². The molecule has 0 aliphatic rings. The van der Waals surface area contributed by atoms with E-state index < -0.39 is 17.7 Å². The molecular formula is C12H16N2O4S. The highest BCUT2D eigenvalue weighted by Crippen LogP contribution is 2.11. The zero-order chi connectivity index (χ0) is 14.5. The van der Waals surface area contributed by atoms with Crippen molar-refractivity contribution in [3.8, 4) is 0 Å². The standard InChI is InChI=1S/C12H16N2O4S/c1-12(2,3)18-11(17)13-6-4-5-9-14-8(7-19-9)10(15)16/h4-5,7H,6H2,1-3H3,(H,13,17)(H,15,16). The normalized spacial score (nSPS) is 11.5. The minimum atomic E-state index is -1.05. The van der Waals surface area contributed by atoms with E-state index in [1.807, 2.05) is 0 Å². The van der Waals surface area contributed by atoms with Gasteiger partial charge in [-0.1, -0.05) is 6.08 Å². The van der Waals surface area contributed by atoms with E-state index in [1.54, 1.807) is 32.9 Å². The molecule has 0 radical (unpaired) electrons. The van der Waals surface area contributed by atoms with Crippen molar-refractivity contribution in [2.24, 2.45) is 0 Å². The fourth-order valence-electron chi connectivity index (χ4n) is 1.08. The number of nitrogens with zero attached hydrogens (tertiary/aromatic N) is 1. The molecular weight excluding hydrogens is 268 g/mol. The lowest BCUT2D eigenvalue weighted by atomic mass is 10.2. The molecule has 0 saturated carbocycles. The minimum absolute atomic E-state index is 0.0183. The largest absolute Gasteiger partial charge is 0.476 e. The van der Waals surface area contributed by atoms with Crippen LogP contribution in [0.3, 0.4) is 0 Å². The summed E-state index contributed by atoms with van der Waals surface area (Å²) in [6.45, 7) is 5.64. The van der Waals surface area contributed by atoms with Crippen LogP contribution in [0, 0.1) is 0 Å². The molecule has 0 aliphatic heterocycles. The first-order valence-corrected chi connectivity index (χ1v) is 6.48. The van der Waals surface area contributed by atoms with Crippen LogP contribution in [0.2, 0.25) is 0 Å². The number of alkyl carbamates (subject to hydrolysis) is 1. The number of ether oxygens (including phenoxy) is 1. The number of carbonyl (C=O) groups excluding carboxylic acids is 1. The molecule has 1 heterocycles. The Morgan fingerprint density at radius 3 is 2.74 bits per heavy atom. The number of carbonyl (C=O) groups is 2. The molecule has 1 aromatic heterocycles. The molecule has 0 aliphatic carbocycles. The van der Waals surface area contributed by atoms with Crippen LogP contribution in [-0.2, 0) is 4.74 Å². The third kappa shape index (κ3) is 6.01. The van der Waals surface area contributed by atoms with Crippen molar-refractivity contribution >= 4 is 29.5 Å².